The Morgan fingerprint density at radius 2 is 2.55 bits per heavy atom. The van der Waals surface area contributed by atoms with Crippen molar-refractivity contribution in [3.05, 3.63) is 18.2 Å². The van der Waals surface area contributed by atoms with Crippen molar-refractivity contribution in [2.45, 2.75) is 13.5 Å². The van der Waals surface area contributed by atoms with Crippen LogP contribution in [-0.2, 0) is 6.54 Å². The fourth-order valence-electron chi connectivity index (χ4n) is 0.819. The average Bonchev–Trinajstić information content (AvgIpc) is 2.47. The van der Waals surface area contributed by atoms with Gasteiger partial charge in [-0.2, -0.15) is 5.10 Å². The van der Waals surface area contributed by atoms with Crippen LogP contribution in [0.5, 0.6) is 0 Å². The van der Waals surface area contributed by atoms with Crippen molar-refractivity contribution in [1.82, 2.24) is 14.8 Å². The van der Waals surface area contributed by atoms with Crippen molar-refractivity contribution in [3.63, 3.8) is 0 Å². The van der Waals surface area contributed by atoms with E-state index in [0.29, 0.717) is 6.54 Å². The number of aryl methyl sites for hydroxylation is 1. The number of rotatable bonds is 3. The van der Waals surface area contributed by atoms with Gasteiger partial charge >= 0.3 is 0 Å². The second-order valence-electron chi connectivity index (χ2n) is 2.07. The van der Waals surface area contributed by atoms with E-state index in [4.69, 9.17) is 5.73 Å². The smallest absolute Gasteiger partial charge is 0.150 e. The molecule has 0 saturated carbocycles. The molecule has 1 aromatic heterocycles. The molecule has 0 aliphatic carbocycles. The molecule has 0 atom stereocenters. The molecule has 0 aromatic carbocycles. The van der Waals surface area contributed by atoms with Gasteiger partial charge in [0, 0.05) is 13.1 Å². The Bertz CT molecular complexity index is 238. The molecule has 0 radical (unpaired) electrons. The summed E-state index contributed by atoms with van der Waals surface area (Å²) >= 11 is 0. The predicted octanol–water partition coefficient (Wildman–Crippen LogP) is 0.270. The Balaban J connectivity index is 2.76. The monoisotopic (exact) mass is 152 g/mol. The topological polar surface area (TPSA) is 56.7 Å². The minimum atomic E-state index is 0.538. The maximum Gasteiger partial charge on any atom is 0.150 e. The fraction of sp³-hybridized carbons (Fsp3) is 0.429. The molecule has 0 spiro atoms. The summed E-state index contributed by atoms with van der Waals surface area (Å²) in [6.45, 7) is 3.40. The summed E-state index contributed by atoms with van der Waals surface area (Å²) in [5.74, 6) is 0.859. The van der Waals surface area contributed by atoms with Gasteiger partial charge in [0.15, 0.2) is 0 Å². The summed E-state index contributed by atoms with van der Waals surface area (Å²) in [7, 11) is 0. The molecule has 2 N–H and O–H groups in total. The van der Waals surface area contributed by atoms with Gasteiger partial charge in [0.2, 0.25) is 0 Å². The molecule has 0 aliphatic rings. The van der Waals surface area contributed by atoms with Gasteiger partial charge in [-0.05, 0) is 13.0 Å². The summed E-state index contributed by atoms with van der Waals surface area (Å²) in [4.78, 5) is 4.03. The van der Waals surface area contributed by atoms with Crippen molar-refractivity contribution in [2.24, 2.45) is 5.73 Å². The highest BCUT2D eigenvalue weighted by Gasteiger charge is 1.94. The first-order chi connectivity index (χ1) is 5.38. The molecule has 1 rings (SSSR count). The quantitative estimate of drug-likeness (QED) is 0.676. The first-order valence-corrected chi connectivity index (χ1v) is 3.63. The Labute approximate surface area is 65.7 Å². The van der Waals surface area contributed by atoms with Crippen LogP contribution in [0, 0.1) is 0 Å². The minimum Gasteiger partial charge on any atom is -0.327 e. The Morgan fingerprint density at radius 1 is 1.73 bits per heavy atom. The average molecular weight is 152 g/mol. The third-order valence-corrected chi connectivity index (χ3v) is 1.35. The van der Waals surface area contributed by atoms with Crippen molar-refractivity contribution in [1.29, 1.82) is 0 Å². The second-order valence-corrected chi connectivity index (χ2v) is 2.07. The maximum absolute atomic E-state index is 5.29. The van der Waals surface area contributed by atoms with Gasteiger partial charge in [-0.25, -0.2) is 9.67 Å². The molecule has 0 saturated heterocycles. The standard InChI is InChI=1S/C7H12N4/c1-2-11-7(4-3-5-8)9-6-10-11/h3-4,6H,2,5,8H2,1H3/b4-3+. The molecule has 0 amide bonds. The predicted molar refractivity (Wildman–Crippen MR) is 43.8 cm³/mol. The number of hydrogen-bond acceptors (Lipinski definition) is 3. The van der Waals surface area contributed by atoms with Crippen LogP contribution in [0.4, 0.5) is 0 Å². The second kappa shape index (κ2) is 3.88. The zero-order valence-electron chi connectivity index (χ0n) is 6.57. The highest BCUT2D eigenvalue weighted by molar-refractivity contribution is 5.39. The summed E-state index contributed by atoms with van der Waals surface area (Å²) in [6, 6.07) is 0. The fourth-order valence-corrected chi connectivity index (χ4v) is 0.819. The van der Waals surface area contributed by atoms with Crippen LogP contribution in [0.2, 0.25) is 0 Å². The van der Waals surface area contributed by atoms with Crippen molar-refractivity contribution in [2.75, 3.05) is 6.54 Å². The van der Waals surface area contributed by atoms with Crippen LogP contribution in [0.3, 0.4) is 0 Å². The number of aromatic nitrogens is 3. The van der Waals surface area contributed by atoms with Crippen LogP contribution in [0.1, 0.15) is 12.7 Å². The zero-order chi connectivity index (χ0) is 8.10. The lowest BCUT2D eigenvalue weighted by molar-refractivity contribution is 0.651. The van der Waals surface area contributed by atoms with E-state index in [1.54, 1.807) is 6.33 Å². The molecular formula is C7H12N4. The lowest BCUT2D eigenvalue weighted by atomic mass is 10.4. The normalized spacial score (nSPS) is 11.1. The van der Waals surface area contributed by atoms with Crippen molar-refractivity contribution < 1.29 is 0 Å². The van der Waals surface area contributed by atoms with E-state index < -0.39 is 0 Å². The van der Waals surface area contributed by atoms with E-state index >= 15 is 0 Å². The zero-order valence-corrected chi connectivity index (χ0v) is 6.57. The highest BCUT2D eigenvalue weighted by atomic mass is 15.3. The molecule has 1 heterocycles. The summed E-state index contributed by atoms with van der Waals surface area (Å²) < 4.78 is 1.81. The first kappa shape index (κ1) is 7.94. The van der Waals surface area contributed by atoms with Gasteiger partial charge in [0.1, 0.15) is 12.2 Å². The molecule has 0 aliphatic heterocycles. The number of hydrogen-bond donors (Lipinski definition) is 1. The van der Waals surface area contributed by atoms with Gasteiger partial charge in [-0.3, -0.25) is 0 Å². The van der Waals surface area contributed by atoms with E-state index in [1.807, 2.05) is 23.8 Å². The van der Waals surface area contributed by atoms with E-state index in [1.165, 1.54) is 0 Å². The first-order valence-electron chi connectivity index (χ1n) is 3.63. The molecule has 60 valence electrons. The Morgan fingerprint density at radius 3 is 3.18 bits per heavy atom. The van der Waals surface area contributed by atoms with Gasteiger partial charge in [0.25, 0.3) is 0 Å². The van der Waals surface area contributed by atoms with Crippen LogP contribution in [0.25, 0.3) is 6.08 Å². The van der Waals surface area contributed by atoms with E-state index in [0.717, 1.165) is 12.4 Å². The molecule has 4 heteroatoms. The van der Waals surface area contributed by atoms with E-state index in [-0.39, 0.29) is 0 Å². The van der Waals surface area contributed by atoms with E-state index in [9.17, 15) is 0 Å². The Kier molecular flexibility index (Phi) is 2.80. The third kappa shape index (κ3) is 1.88. The largest absolute Gasteiger partial charge is 0.327 e. The van der Waals surface area contributed by atoms with Gasteiger partial charge in [0.05, 0.1) is 0 Å². The van der Waals surface area contributed by atoms with Crippen LogP contribution >= 0.6 is 0 Å². The van der Waals surface area contributed by atoms with Crippen LogP contribution < -0.4 is 5.73 Å². The number of nitrogens with two attached hydrogens (primary N) is 1. The van der Waals surface area contributed by atoms with Crippen molar-refractivity contribution in [3.8, 4) is 0 Å². The minimum absolute atomic E-state index is 0.538. The molecule has 1 aromatic rings. The maximum atomic E-state index is 5.29. The molecule has 0 bridgehead atoms. The molecule has 4 nitrogen and oxygen atoms in total. The van der Waals surface area contributed by atoms with Gasteiger partial charge < -0.3 is 5.73 Å². The molecule has 0 fully saturated rings. The lowest BCUT2D eigenvalue weighted by Gasteiger charge is -1.95. The summed E-state index contributed by atoms with van der Waals surface area (Å²) in [5, 5.41) is 4.00. The van der Waals surface area contributed by atoms with Crippen LogP contribution in [-0.4, -0.2) is 21.3 Å². The van der Waals surface area contributed by atoms with Gasteiger partial charge in [-0.1, -0.05) is 6.08 Å². The Hall–Kier alpha value is -1.16. The SMILES string of the molecule is CCn1ncnc1/C=C/CN. The van der Waals surface area contributed by atoms with E-state index in [2.05, 4.69) is 10.1 Å². The van der Waals surface area contributed by atoms with Gasteiger partial charge in [-0.15, -0.1) is 0 Å². The molecule has 0 unspecified atom stereocenters. The molecule has 11 heavy (non-hydrogen) atoms. The summed E-state index contributed by atoms with van der Waals surface area (Å²) in [6.07, 6.45) is 5.27. The summed E-state index contributed by atoms with van der Waals surface area (Å²) in [5.41, 5.74) is 5.29. The third-order valence-electron chi connectivity index (χ3n) is 1.35. The highest BCUT2D eigenvalue weighted by Crippen LogP contribution is 1.95. The lowest BCUT2D eigenvalue weighted by Crippen LogP contribution is -2.00. The number of nitrogens with zero attached hydrogens (tertiary/aromatic N) is 3. The molecular weight excluding hydrogens is 140 g/mol. The van der Waals surface area contributed by atoms with Crippen molar-refractivity contribution >= 4 is 6.08 Å². The van der Waals surface area contributed by atoms with Crippen LogP contribution in [0.15, 0.2) is 12.4 Å².